The van der Waals surface area contributed by atoms with Gasteiger partial charge in [0.1, 0.15) is 11.4 Å². The number of fused-ring (bicyclic) bond motifs is 1. The Morgan fingerprint density at radius 3 is 2.69 bits per heavy atom. The van der Waals surface area contributed by atoms with Crippen LogP contribution in [0.2, 0.25) is 0 Å². The number of aliphatic hydroxyl groups excluding tert-OH is 2. The molecule has 0 bridgehead atoms. The smallest absolute Gasteiger partial charge is 0.255 e. The van der Waals surface area contributed by atoms with Gasteiger partial charge < -0.3 is 25.2 Å². The molecule has 2 aromatic heterocycles. The summed E-state index contributed by atoms with van der Waals surface area (Å²) in [5.41, 5.74) is 3.11. The van der Waals surface area contributed by atoms with Gasteiger partial charge >= 0.3 is 0 Å². The number of aromatic nitrogens is 3. The molecule has 1 aliphatic rings. The second-order valence-electron chi connectivity index (χ2n) is 8.80. The molecule has 1 aromatic carbocycles. The number of rotatable bonds is 10. The van der Waals surface area contributed by atoms with Gasteiger partial charge in [-0.3, -0.25) is 14.6 Å². The Morgan fingerprint density at radius 1 is 1.14 bits per heavy atom. The fourth-order valence-electron chi connectivity index (χ4n) is 4.05. The fourth-order valence-corrected chi connectivity index (χ4v) is 4.05. The van der Waals surface area contributed by atoms with Crippen LogP contribution in [-0.2, 0) is 22.7 Å². The number of carbonyl (C=O) groups is 2. The van der Waals surface area contributed by atoms with Gasteiger partial charge in [-0.25, -0.2) is 4.68 Å². The minimum Gasteiger partial charge on any atom is -0.491 e. The first kappa shape index (κ1) is 25.3. The highest BCUT2D eigenvalue weighted by molar-refractivity contribution is 5.91. The van der Waals surface area contributed by atoms with Gasteiger partial charge in [-0.2, -0.15) is 5.10 Å². The molecule has 3 atom stereocenters. The summed E-state index contributed by atoms with van der Waals surface area (Å²) in [5, 5.41) is 27.8. The summed E-state index contributed by atoms with van der Waals surface area (Å²) >= 11 is 0. The summed E-state index contributed by atoms with van der Waals surface area (Å²) in [5.74, 6) is -0.954. The second-order valence-corrected chi connectivity index (χ2v) is 8.80. The number of aliphatic hydroxyl groups is 2. The fraction of sp³-hybridized carbons (Fsp3) is 0.385. The Balaban J connectivity index is 1.41. The summed E-state index contributed by atoms with van der Waals surface area (Å²) in [4.78, 5) is 31.0. The number of hydrogen-bond donors (Lipinski definition) is 3. The van der Waals surface area contributed by atoms with Crippen LogP contribution in [0.4, 0.5) is 0 Å². The molecule has 1 aliphatic heterocycles. The van der Waals surface area contributed by atoms with Gasteiger partial charge in [-0.15, -0.1) is 0 Å². The van der Waals surface area contributed by atoms with E-state index in [1.807, 2.05) is 36.5 Å². The topological polar surface area (TPSA) is 130 Å². The average Bonchev–Trinajstić information content (AvgIpc) is 3.57. The minimum absolute atomic E-state index is 0.222. The molecular formula is C26H31N5O5. The summed E-state index contributed by atoms with van der Waals surface area (Å²) in [7, 11) is 0. The monoisotopic (exact) mass is 493 g/mol. The van der Waals surface area contributed by atoms with Crippen molar-refractivity contribution >= 4 is 11.8 Å². The Hall–Kier alpha value is -3.76. The van der Waals surface area contributed by atoms with E-state index in [2.05, 4.69) is 22.3 Å². The quantitative estimate of drug-likeness (QED) is 0.368. The molecule has 190 valence electrons. The lowest BCUT2D eigenvalue weighted by Crippen LogP contribution is -2.50. The van der Waals surface area contributed by atoms with Gasteiger partial charge in [0.25, 0.3) is 11.8 Å². The highest BCUT2D eigenvalue weighted by Gasteiger charge is 2.36. The first-order valence-corrected chi connectivity index (χ1v) is 12.0. The summed E-state index contributed by atoms with van der Waals surface area (Å²) in [6, 6.07) is 10.4. The lowest BCUT2D eigenvalue weighted by atomic mass is 10.1. The molecule has 3 N–H and O–H groups in total. The van der Waals surface area contributed by atoms with E-state index in [1.165, 1.54) is 4.90 Å². The Kier molecular flexibility index (Phi) is 7.97. The van der Waals surface area contributed by atoms with E-state index >= 15 is 0 Å². The molecule has 0 fully saturated rings. The lowest BCUT2D eigenvalue weighted by Gasteiger charge is -2.24. The van der Waals surface area contributed by atoms with Gasteiger partial charge in [0, 0.05) is 25.1 Å². The highest BCUT2D eigenvalue weighted by Crippen LogP contribution is 2.27. The van der Waals surface area contributed by atoms with Crippen molar-refractivity contribution in [2.45, 2.75) is 58.0 Å². The first-order chi connectivity index (χ1) is 17.4. The molecule has 0 saturated carbocycles. The zero-order chi connectivity index (χ0) is 25.7. The molecule has 4 rings (SSSR count). The minimum atomic E-state index is -1.92. The maximum Gasteiger partial charge on any atom is 0.255 e. The number of benzene rings is 1. The van der Waals surface area contributed by atoms with Crippen molar-refractivity contribution in [3.63, 3.8) is 0 Å². The molecule has 0 radical (unpaired) electrons. The molecule has 10 nitrogen and oxygen atoms in total. The molecule has 3 heterocycles. The molecule has 2 amide bonds. The Bertz CT molecular complexity index is 1170. The highest BCUT2D eigenvalue weighted by atomic mass is 16.5. The van der Waals surface area contributed by atoms with E-state index < -0.39 is 30.1 Å². The van der Waals surface area contributed by atoms with E-state index in [9.17, 15) is 19.8 Å². The molecule has 36 heavy (non-hydrogen) atoms. The maximum absolute atomic E-state index is 12.7. The lowest BCUT2D eigenvalue weighted by molar-refractivity contribution is -0.153. The van der Waals surface area contributed by atoms with Crippen LogP contribution in [0.1, 0.15) is 49.6 Å². The van der Waals surface area contributed by atoms with Crippen LogP contribution in [0.15, 0.2) is 55.0 Å². The number of amides is 2. The predicted molar refractivity (Wildman–Crippen MR) is 131 cm³/mol. The number of nitrogens with one attached hydrogen (secondary N) is 1. The number of unbranched alkanes of at least 4 members (excludes halogenated alkanes) is 1. The number of pyridine rings is 1. The van der Waals surface area contributed by atoms with E-state index in [4.69, 9.17) is 4.74 Å². The molecule has 3 aromatic rings. The van der Waals surface area contributed by atoms with Gasteiger partial charge in [-0.1, -0.05) is 25.5 Å². The third-order valence-corrected chi connectivity index (χ3v) is 6.17. The van der Waals surface area contributed by atoms with Crippen LogP contribution >= 0.6 is 0 Å². The molecule has 0 unspecified atom stereocenters. The van der Waals surface area contributed by atoms with Gasteiger partial charge in [-0.05, 0) is 48.7 Å². The van der Waals surface area contributed by atoms with Crippen LogP contribution in [0.5, 0.6) is 5.75 Å². The first-order valence-electron chi connectivity index (χ1n) is 12.0. The van der Waals surface area contributed by atoms with Gasteiger partial charge in [0.05, 0.1) is 24.9 Å². The number of nitrogens with zero attached hydrogens (tertiary/aromatic N) is 4. The molecule has 10 heteroatoms. The SMILES string of the molecule is CCCCOc1cc([C@@H](C)NC(=O)[C@H](O)[C@@H](O)C(=O)N2Cc3cccnc3C2)ccc1-n1cccn1. The van der Waals surface area contributed by atoms with Crippen LogP contribution in [0.3, 0.4) is 0 Å². The van der Waals surface area contributed by atoms with E-state index in [0.29, 0.717) is 12.4 Å². The predicted octanol–water partition coefficient (Wildman–Crippen LogP) is 1.89. The number of ether oxygens (including phenoxy) is 1. The van der Waals surface area contributed by atoms with Crippen molar-refractivity contribution in [1.29, 1.82) is 0 Å². The van der Waals surface area contributed by atoms with Crippen LogP contribution < -0.4 is 10.1 Å². The van der Waals surface area contributed by atoms with Gasteiger partial charge in [0.2, 0.25) is 0 Å². The van der Waals surface area contributed by atoms with Crippen molar-refractivity contribution in [3.05, 3.63) is 71.8 Å². The van der Waals surface area contributed by atoms with Gasteiger partial charge in [0.15, 0.2) is 12.2 Å². The van der Waals surface area contributed by atoms with Crippen molar-refractivity contribution < 1.29 is 24.5 Å². The zero-order valence-electron chi connectivity index (χ0n) is 20.4. The number of carbonyl (C=O) groups excluding carboxylic acids is 2. The summed E-state index contributed by atoms with van der Waals surface area (Å²) in [6.07, 6.45) is 3.21. The molecule has 0 saturated heterocycles. The molecular weight excluding hydrogens is 462 g/mol. The van der Waals surface area contributed by atoms with Crippen molar-refractivity contribution in [2.24, 2.45) is 0 Å². The van der Waals surface area contributed by atoms with Crippen LogP contribution in [-0.4, -0.2) is 60.5 Å². The van der Waals surface area contributed by atoms with Crippen molar-refractivity contribution in [2.75, 3.05) is 6.61 Å². The third kappa shape index (κ3) is 5.55. The van der Waals surface area contributed by atoms with E-state index in [1.54, 1.807) is 30.1 Å². The van der Waals surface area contributed by atoms with Crippen LogP contribution in [0, 0.1) is 0 Å². The summed E-state index contributed by atoms with van der Waals surface area (Å²) < 4.78 is 7.68. The number of hydrogen-bond acceptors (Lipinski definition) is 7. The molecule has 0 spiro atoms. The zero-order valence-corrected chi connectivity index (χ0v) is 20.4. The van der Waals surface area contributed by atoms with E-state index in [0.717, 1.165) is 35.3 Å². The van der Waals surface area contributed by atoms with Crippen LogP contribution in [0.25, 0.3) is 5.69 Å². The maximum atomic E-state index is 12.7. The Morgan fingerprint density at radius 2 is 1.97 bits per heavy atom. The normalized spacial score (nSPS) is 15.2. The third-order valence-electron chi connectivity index (χ3n) is 6.17. The Labute approximate surface area is 209 Å². The van der Waals surface area contributed by atoms with E-state index in [-0.39, 0.29) is 13.1 Å². The summed E-state index contributed by atoms with van der Waals surface area (Å²) in [6.45, 7) is 4.86. The average molecular weight is 494 g/mol. The molecule has 0 aliphatic carbocycles. The van der Waals surface area contributed by atoms with Crippen molar-refractivity contribution in [3.8, 4) is 11.4 Å². The second kappa shape index (κ2) is 11.3. The largest absolute Gasteiger partial charge is 0.491 e. The standard InChI is InChI=1S/C26H31N5O5/c1-3-4-13-36-22-14-18(8-9-21(22)31-12-6-11-28-31)17(2)29-25(34)23(32)24(33)26(35)30-15-19-7-5-10-27-20(19)16-30/h5-12,14,17,23-24,32-33H,3-4,13,15-16H2,1-2H3,(H,29,34)/t17-,23-,24-/m1/s1. The van der Waals surface area contributed by atoms with Crippen molar-refractivity contribution in [1.82, 2.24) is 25.0 Å².